The van der Waals surface area contributed by atoms with Crippen molar-refractivity contribution in [3.05, 3.63) is 11.8 Å². The Balaban J connectivity index is 1.86. The summed E-state index contributed by atoms with van der Waals surface area (Å²) in [5.41, 5.74) is 1.21. The number of hydrogen-bond donors (Lipinski definition) is 1. The van der Waals surface area contributed by atoms with Crippen LogP contribution in [0.4, 0.5) is 0 Å². The van der Waals surface area contributed by atoms with Crippen molar-refractivity contribution in [3.63, 3.8) is 0 Å². The maximum absolute atomic E-state index is 12.3. The van der Waals surface area contributed by atoms with Gasteiger partial charge >= 0.3 is 0 Å². The average molecular weight is 252 g/mol. The first kappa shape index (κ1) is 13.6. The lowest BCUT2D eigenvalue weighted by molar-refractivity contribution is -0.130. The van der Waals surface area contributed by atoms with Gasteiger partial charge in [0.2, 0.25) is 5.91 Å². The van der Waals surface area contributed by atoms with E-state index in [-0.39, 0.29) is 12.5 Å². The van der Waals surface area contributed by atoms with Crippen molar-refractivity contribution in [1.29, 1.82) is 0 Å². The predicted octanol–water partition coefficient (Wildman–Crippen LogP) is 1.22. The number of aliphatic hydroxyl groups excluding tert-OH is 1. The Morgan fingerprint density at radius 1 is 1.61 bits per heavy atom. The molecule has 0 spiro atoms. The molecule has 2 rings (SSSR count). The second-order valence-corrected chi connectivity index (χ2v) is 5.30. The van der Waals surface area contributed by atoms with Gasteiger partial charge in [0.05, 0.1) is 6.54 Å². The number of likely N-dealkylation sites (N-methyl/N-ethyl adjacent to an activating group) is 1. The highest BCUT2D eigenvalue weighted by atomic mass is 16.3. The van der Waals surface area contributed by atoms with E-state index in [1.807, 2.05) is 11.8 Å². The van der Waals surface area contributed by atoms with Crippen LogP contribution in [0.5, 0.6) is 0 Å². The molecule has 1 N–H and O–H groups in total. The fourth-order valence-corrected chi connectivity index (χ4v) is 2.92. The molecule has 1 aliphatic heterocycles. The molecule has 1 fully saturated rings. The summed E-state index contributed by atoms with van der Waals surface area (Å²) >= 11 is 0. The summed E-state index contributed by atoms with van der Waals surface area (Å²) in [6, 6.07) is 0. The van der Waals surface area contributed by atoms with Gasteiger partial charge in [0.1, 0.15) is 0 Å². The number of allylic oxidation sites excluding steroid dienone is 2. The molecule has 18 heavy (non-hydrogen) atoms. The molecule has 0 saturated carbocycles. The highest BCUT2D eigenvalue weighted by molar-refractivity contribution is 5.80. The van der Waals surface area contributed by atoms with Crippen molar-refractivity contribution in [2.45, 2.75) is 32.6 Å². The molecular formula is C14H24N2O2. The van der Waals surface area contributed by atoms with Crippen LogP contribution in [0.15, 0.2) is 11.8 Å². The van der Waals surface area contributed by atoms with E-state index >= 15 is 0 Å². The van der Waals surface area contributed by atoms with Gasteiger partial charge in [0.15, 0.2) is 0 Å². The minimum atomic E-state index is 0.212. The summed E-state index contributed by atoms with van der Waals surface area (Å²) in [5.74, 6) is 0.572. The zero-order valence-corrected chi connectivity index (χ0v) is 11.3. The zero-order chi connectivity index (χ0) is 13.0. The molecule has 1 aliphatic carbocycles. The quantitative estimate of drug-likeness (QED) is 0.800. The summed E-state index contributed by atoms with van der Waals surface area (Å²) in [7, 11) is 0. The number of hydrogen-bond acceptors (Lipinski definition) is 3. The van der Waals surface area contributed by atoms with Crippen molar-refractivity contribution in [2.75, 3.05) is 32.8 Å². The molecule has 1 amide bonds. The lowest BCUT2D eigenvalue weighted by atomic mass is 10.1. The zero-order valence-electron chi connectivity index (χ0n) is 11.3. The minimum Gasteiger partial charge on any atom is -0.396 e. The van der Waals surface area contributed by atoms with Gasteiger partial charge in [-0.25, -0.2) is 0 Å². The van der Waals surface area contributed by atoms with Crippen LogP contribution in [0.2, 0.25) is 0 Å². The lowest BCUT2D eigenvalue weighted by Crippen LogP contribution is -2.38. The monoisotopic (exact) mass is 252 g/mol. The Morgan fingerprint density at radius 2 is 2.44 bits per heavy atom. The number of nitrogens with zero attached hydrogens (tertiary/aromatic N) is 2. The van der Waals surface area contributed by atoms with Crippen molar-refractivity contribution in [2.24, 2.45) is 5.92 Å². The smallest absolute Gasteiger partial charge is 0.240 e. The van der Waals surface area contributed by atoms with Gasteiger partial charge < -0.3 is 10.0 Å². The van der Waals surface area contributed by atoms with Crippen LogP contribution >= 0.6 is 0 Å². The molecule has 4 heteroatoms. The number of carbonyl (C=O) groups is 1. The minimum absolute atomic E-state index is 0.212. The van der Waals surface area contributed by atoms with Crippen molar-refractivity contribution in [1.82, 2.24) is 9.80 Å². The van der Waals surface area contributed by atoms with Crippen LogP contribution in [-0.2, 0) is 4.79 Å². The largest absolute Gasteiger partial charge is 0.396 e. The summed E-state index contributed by atoms with van der Waals surface area (Å²) in [5, 5.41) is 9.11. The first-order chi connectivity index (χ1) is 8.74. The first-order valence-electron chi connectivity index (χ1n) is 7.07. The summed E-state index contributed by atoms with van der Waals surface area (Å²) < 4.78 is 0. The summed E-state index contributed by atoms with van der Waals surface area (Å²) in [6.45, 7) is 5.35. The predicted molar refractivity (Wildman–Crippen MR) is 71.0 cm³/mol. The van der Waals surface area contributed by atoms with Crippen LogP contribution in [0.3, 0.4) is 0 Å². The third-order valence-corrected chi connectivity index (χ3v) is 3.97. The molecule has 1 saturated heterocycles. The van der Waals surface area contributed by atoms with E-state index in [2.05, 4.69) is 11.0 Å². The Kier molecular flexibility index (Phi) is 4.78. The lowest BCUT2D eigenvalue weighted by Gasteiger charge is -2.25. The molecule has 0 aromatic carbocycles. The van der Waals surface area contributed by atoms with Crippen LogP contribution in [0, 0.1) is 5.92 Å². The summed E-state index contributed by atoms with van der Waals surface area (Å²) in [4.78, 5) is 16.4. The molecule has 1 heterocycles. The molecule has 0 bridgehead atoms. The Bertz CT molecular complexity index is 328. The van der Waals surface area contributed by atoms with E-state index in [1.165, 1.54) is 12.1 Å². The first-order valence-corrected chi connectivity index (χ1v) is 7.07. The fraction of sp³-hybridized carbons (Fsp3) is 0.786. The molecule has 1 unspecified atom stereocenters. The SMILES string of the molecule is CCN(C(=O)CN1CCC(CO)C1)C1=CCCC1. The molecule has 0 aromatic heterocycles. The van der Waals surface area contributed by atoms with E-state index in [0.717, 1.165) is 38.9 Å². The molecule has 1 atom stereocenters. The van der Waals surface area contributed by atoms with Gasteiger partial charge in [0.25, 0.3) is 0 Å². The number of likely N-dealkylation sites (tertiary alicyclic amines) is 1. The van der Waals surface area contributed by atoms with Gasteiger partial charge in [-0.15, -0.1) is 0 Å². The van der Waals surface area contributed by atoms with Gasteiger partial charge in [-0.2, -0.15) is 0 Å². The number of aliphatic hydroxyl groups is 1. The Hall–Kier alpha value is -0.870. The van der Waals surface area contributed by atoms with Crippen LogP contribution in [-0.4, -0.2) is 53.6 Å². The number of rotatable bonds is 5. The van der Waals surface area contributed by atoms with Gasteiger partial charge in [-0.05, 0) is 45.1 Å². The maximum Gasteiger partial charge on any atom is 0.240 e. The van der Waals surface area contributed by atoms with E-state index in [9.17, 15) is 4.79 Å². The van der Waals surface area contributed by atoms with E-state index in [4.69, 9.17) is 5.11 Å². The van der Waals surface area contributed by atoms with Crippen LogP contribution in [0.25, 0.3) is 0 Å². The molecule has 102 valence electrons. The molecule has 0 radical (unpaired) electrons. The second-order valence-electron chi connectivity index (χ2n) is 5.30. The third-order valence-electron chi connectivity index (χ3n) is 3.97. The van der Waals surface area contributed by atoms with Gasteiger partial charge in [-0.3, -0.25) is 9.69 Å². The Labute approximate surface area is 109 Å². The van der Waals surface area contributed by atoms with E-state index in [0.29, 0.717) is 12.5 Å². The summed E-state index contributed by atoms with van der Waals surface area (Å²) in [6.07, 6.45) is 6.53. The highest BCUT2D eigenvalue weighted by Gasteiger charge is 2.26. The van der Waals surface area contributed by atoms with Crippen LogP contribution in [0.1, 0.15) is 32.6 Å². The molecule has 2 aliphatic rings. The van der Waals surface area contributed by atoms with Gasteiger partial charge in [0, 0.05) is 25.4 Å². The van der Waals surface area contributed by atoms with Crippen molar-refractivity contribution >= 4 is 5.91 Å². The molecular weight excluding hydrogens is 228 g/mol. The average Bonchev–Trinajstić information content (AvgIpc) is 3.01. The highest BCUT2D eigenvalue weighted by Crippen LogP contribution is 2.22. The third kappa shape index (κ3) is 3.12. The number of carbonyl (C=O) groups excluding carboxylic acids is 1. The topological polar surface area (TPSA) is 43.8 Å². The second kappa shape index (κ2) is 6.34. The van der Waals surface area contributed by atoms with Crippen molar-refractivity contribution < 1.29 is 9.90 Å². The molecule has 0 aromatic rings. The fourth-order valence-electron chi connectivity index (χ4n) is 2.92. The normalized spacial score (nSPS) is 24.3. The standard InChI is InChI=1S/C14H24N2O2/c1-2-16(13-5-3-4-6-13)14(18)10-15-8-7-12(9-15)11-17/h5,12,17H,2-4,6-11H2,1H3. The maximum atomic E-state index is 12.3. The molecule has 4 nitrogen and oxygen atoms in total. The van der Waals surface area contributed by atoms with E-state index in [1.54, 1.807) is 0 Å². The van der Waals surface area contributed by atoms with Gasteiger partial charge in [-0.1, -0.05) is 6.08 Å². The van der Waals surface area contributed by atoms with E-state index < -0.39 is 0 Å². The Morgan fingerprint density at radius 3 is 3.00 bits per heavy atom. The number of amides is 1. The van der Waals surface area contributed by atoms with Crippen molar-refractivity contribution in [3.8, 4) is 0 Å². The van der Waals surface area contributed by atoms with Crippen LogP contribution < -0.4 is 0 Å².